The van der Waals surface area contributed by atoms with Crippen LogP contribution in [0.1, 0.15) is 45.6 Å². The van der Waals surface area contributed by atoms with E-state index in [0.717, 1.165) is 41.4 Å². The number of amides is 2. The van der Waals surface area contributed by atoms with Crippen molar-refractivity contribution in [1.82, 2.24) is 10.2 Å². The fourth-order valence-electron chi connectivity index (χ4n) is 4.35. The Morgan fingerprint density at radius 1 is 0.881 bits per heavy atom. The van der Waals surface area contributed by atoms with Crippen LogP contribution in [0.4, 0.5) is 14.5 Å². The summed E-state index contributed by atoms with van der Waals surface area (Å²) in [6.45, 7) is 5.71. The predicted octanol–water partition coefficient (Wildman–Crippen LogP) is 5.28. The zero-order valence-corrected chi connectivity index (χ0v) is 24.9. The summed E-state index contributed by atoms with van der Waals surface area (Å²) in [4.78, 5) is 28.3. The molecule has 42 heavy (non-hydrogen) atoms. The highest BCUT2D eigenvalue weighted by Crippen LogP contribution is 2.27. The van der Waals surface area contributed by atoms with Crippen LogP contribution < -0.4 is 14.4 Å². The van der Waals surface area contributed by atoms with E-state index in [-0.39, 0.29) is 29.5 Å². The smallest absolute Gasteiger partial charge is 0.264 e. The quantitative estimate of drug-likeness (QED) is 0.239. The van der Waals surface area contributed by atoms with Gasteiger partial charge in [-0.3, -0.25) is 13.9 Å². The molecule has 0 aromatic heterocycles. The Kier molecular flexibility index (Phi) is 11.8. The topological polar surface area (TPSA) is 96.0 Å². The highest BCUT2D eigenvalue weighted by Gasteiger charge is 2.33. The molecule has 0 saturated heterocycles. The van der Waals surface area contributed by atoms with E-state index < -0.39 is 40.2 Å². The highest BCUT2D eigenvalue weighted by molar-refractivity contribution is 7.92. The molecule has 3 aromatic carbocycles. The first-order valence-electron chi connectivity index (χ1n) is 13.9. The maximum Gasteiger partial charge on any atom is 0.264 e. The van der Waals surface area contributed by atoms with E-state index in [1.165, 1.54) is 41.3 Å². The van der Waals surface area contributed by atoms with Crippen LogP contribution in [0.15, 0.2) is 77.7 Å². The van der Waals surface area contributed by atoms with Gasteiger partial charge in [0.2, 0.25) is 11.8 Å². The fraction of sp³-hybridized carbons (Fsp3) is 0.355. The molecule has 3 aromatic rings. The average molecular weight is 602 g/mol. The Balaban J connectivity index is 2.03. The molecular weight excluding hydrogens is 564 g/mol. The number of nitrogens with one attached hydrogen (secondary N) is 1. The molecule has 0 fully saturated rings. The van der Waals surface area contributed by atoms with E-state index >= 15 is 0 Å². The Bertz CT molecular complexity index is 1420. The van der Waals surface area contributed by atoms with Crippen molar-refractivity contribution in [2.24, 2.45) is 0 Å². The van der Waals surface area contributed by atoms with E-state index in [1.54, 1.807) is 19.1 Å². The molecule has 0 heterocycles. The van der Waals surface area contributed by atoms with Gasteiger partial charge in [0, 0.05) is 13.1 Å². The lowest BCUT2D eigenvalue weighted by Gasteiger charge is -2.33. The minimum absolute atomic E-state index is 0.0491. The Morgan fingerprint density at radius 3 is 2.02 bits per heavy atom. The molecule has 11 heteroatoms. The summed E-state index contributed by atoms with van der Waals surface area (Å²) in [5.41, 5.74) is 0.747. The minimum atomic E-state index is -4.35. The summed E-state index contributed by atoms with van der Waals surface area (Å²) >= 11 is 0. The molecule has 2 amide bonds. The van der Waals surface area contributed by atoms with Crippen molar-refractivity contribution in [3.8, 4) is 5.75 Å². The van der Waals surface area contributed by atoms with Crippen LogP contribution in [0.3, 0.4) is 0 Å². The lowest BCUT2D eigenvalue weighted by Crippen LogP contribution is -2.52. The number of halogens is 2. The zero-order chi connectivity index (χ0) is 30.7. The SMILES string of the molecule is CCCCNC(=O)[C@@H](CC)N(Cc1ccc(F)cc1)C(=O)CN(c1ccc(OCC)cc1)S(=O)(=O)c1ccc(F)cc1. The first kappa shape index (κ1) is 32.5. The van der Waals surface area contributed by atoms with Crippen molar-refractivity contribution in [3.05, 3.63) is 90.0 Å². The number of anilines is 1. The van der Waals surface area contributed by atoms with Gasteiger partial charge >= 0.3 is 0 Å². The summed E-state index contributed by atoms with van der Waals surface area (Å²) in [6, 6.07) is 15.1. The van der Waals surface area contributed by atoms with Crippen molar-refractivity contribution < 1.29 is 31.5 Å². The number of ether oxygens (including phenoxy) is 1. The molecule has 0 radical (unpaired) electrons. The molecule has 0 aliphatic carbocycles. The number of hydrogen-bond donors (Lipinski definition) is 1. The zero-order valence-electron chi connectivity index (χ0n) is 24.1. The maximum absolute atomic E-state index is 14.0. The maximum atomic E-state index is 14.0. The normalized spacial score (nSPS) is 11.9. The summed E-state index contributed by atoms with van der Waals surface area (Å²) in [7, 11) is -4.35. The van der Waals surface area contributed by atoms with Crippen molar-refractivity contribution in [3.63, 3.8) is 0 Å². The molecule has 1 N–H and O–H groups in total. The number of rotatable bonds is 15. The van der Waals surface area contributed by atoms with Gasteiger partial charge in [-0.05, 0) is 86.0 Å². The van der Waals surface area contributed by atoms with Crippen molar-refractivity contribution in [1.29, 1.82) is 0 Å². The number of nitrogens with zero attached hydrogens (tertiary/aromatic N) is 2. The Labute approximate surface area is 246 Å². The summed E-state index contributed by atoms with van der Waals surface area (Å²) in [5.74, 6) is -1.55. The molecule has 3 rings (SSSR count). The summed E-state index contributed by atoms with van der Waals surface area (Å²) in [5, 5.41) is 2.86. The van der Waals surface area contributed by atoms with Crippen molar-refractivity contribution >= 4 is 27.5 Å². The number of carbonyl (C=O) groups excluding carboxylic acids is 2. The van der Waals surface area contributed by atoms with E-state index in [1.807, 2.05) is 13.8 Å². The molecular formula is C31H37F2N3O5S. The van der Waals surface area contributed by atoms with Gasteiger partial charge in [-0.1, -0.05) is 32.4 Å². The molecule has 226 valence electrons. The largest absolute Gasteiger partial charge is 0.494 e. The van der Waals surface area contributed by atoms with Crippen LogP contribution in [-0.2, 0) is 26.2 Å². The molecule has 8 nitrogen and oxygen atoms in total. The van der Waals surface area contributed by atoms with Gasteiger partial charge in [0.15, 0.2) is 0 Å². The third-order valence-corrected chi connectivity index (χ3v) is 8.39. The minimum Gasteiger partial charge on any atom is -0.494 e. The molecule has 1 atom stereocenters. The monoisotopic (exact) mass is 601 g/mol. The molecule has 0 aliphatic rings. The van der Waals surface area contributed by atoms with Gasteiger partial charge < -0.3 is 15.0 Å². The summed E-state index contributed by atoms with van der Waals surface area (Å²) < 4.78 is 61.3. The first-order chi connectivity index (χ1) is 20.1. The van der Waals surface area contributed by atoms with E-state index in [4.69, 9.17) is 4.74 Å². The Hall–Kier alpha value is -3.99. The third kappa shape index (κ3) is 8.51. The fourth-order valence-corrected chi connectivity index (χ4v) is 5.76. The van der Waals surface area contributed by atoms with Crippen LogP contribution in [0.5, 0.6) is 5.75 Å². The lowest BCUT2D eigenvalue weighted by atomic mass is 10.1. The first-order valence-corrected chi connectivity index (χ1v) is 15.4. The van der Waals surface area contributed by atoms with Crippen molar-refractivity contribution in [2.45, 2.75) is 57.5 Å². The number of hydrogen-bond acceptors (Lipinski definition) is 5. The standard InChI is InChI=1S/C31H37F2N3O5S/c1-4-7-20-34-31(38)29(5-2)35(21-23-8-10-24(32)11-9-23)30(37)22-36(26-14-16-27(17-15-26)41-6-3)42(39,40)28-18-12-25(33)13-19-28/h8-19,29H,4-7,20-22H2,1-3H3,(H,34,38)/t29-/m1/s1. The van der Waals surface area contributed by atoms with Crippen LogP contribution in [0, 0.1) is 11.6 Å². The van der Waals surface area contributed by atoms with Gasteiger partial charge in [-0.15, -0.1) is 0 Å². The van der Waals surface area contributed by atoms with E-state index in [9.17, 15) is 26.8 Å². The second-order valence-corrected chi connectivity index (χ2v) is 11.5. The van der Waals surface area contributed by atoms with E-state index in [0.29, 0.717) is 24.5 Å². The van der Waals surface area contributed by atoms with E-state index in [2.05, 4.69) is 5.32 Å². The Morgan fingerprint density at radius 2 is 1.48 bits per heavy atom. The van der Waals surface area contributed by atoms with Crippen LogP contribution in [0.25, 0.3) is 0 Å². The molecule has 0 unspecified atom stereocenters. The van der Waals surface area contributed by atoms with Gasteiger partial charge in [0.05, 0.1) is 17.2 Å². The van der Waals surface area contributed by atoms with Gasteiger partial charge in [-0.25, -0.2) is 17.2 Å². The number of unbranched alkanes of at least 4 members (excludes halogenated alkanes) is 1. The molecule has 0 spiro atoms. The third-order valence-electron chi connectivity index (χ3n) is 6.60. The summed E-state index contributed by atoms with van der Waals surface area (Å²) in [6.07, 6.45) is 1.89. The van der Waals surface area contributed by atoms with Crippen LogP contribution in [0.2, 0.25) is 0 Å². The molecule has 0 saturated carbocycles. The number of benzene rings is 3. The second kappa shape index (κ2) is 15.3. The second-order valence-electron chi connectivity index (χ2n) is 9.61. The number of sulfonamides is 1. The molecule has 0 aliphatic heterocycles. The van der Waals surface area contributed by atoms with Gasteiger partial charge in [0.25, 0.3) is 10.0 Å². The van der Waals surface area contributed by atoms with Gasteiger partial charge in [0.1, 0.15) is 30.0 Å². The van der Waals surface area contributed by atoms with Crippen molar-refractivity contribution in [2.75, 3.05) is 24.0 Å². The van der Waals surface area contributed by atoms with Crippen LogP contribution in [-0.4, -0.2) is 50.9 Å². The van der Waals surface area contributed by atoms with Gasteiger partial charge in [-0.2, -0.15) is 0 Å². The molecule has 0 bridgehead atoms. The predicted molar refractivity (Wildman–Crippen MR) is 157 cm³/mol. The highest BCUT2D eigenvalue weighted by atomic mass is 32.2. The number of carbonyl (C=O) groups is 2. The average Bonchev–Trinajstić information content (AvgIpc) is 2.97. The van der Waals surface area contributed by atoms with Crippen LogP contribution >= 0.6 is 0 Å². The lowest BCUT2D eigenvalue weighted by molar-refractivity contribution is -0.140.